The number of fused-ring (bicyclic) bond motifs is 1. The summed E-state index contributed by atoms with van der Waals surface area (Å²) < 4.78 is 10.2. The lowest BCUT2D eigenvalue weighted by Gasteiger charge is -2.12. The van der Waals surface area contributed by atoms with Crippen LogP contribution in [0.25, 0.3) is 10.2 Å². The summed E-state index contributed by atoms with van der Waals surface area (Å²) in [6.07, 6.45) is -0.506. The number of hydrogen-bond acceptors (Lipinski definition) is 6. The van der Waals surface area contributed by atoms with Gasteiger partial charge in [0.05, 0.1) is 11.4 Å². The van der Waals surface area contributed by atoms with E-state index in [0.717, 1.165) is 10.2 Å². The van der Waals surface area contributed by atoms with Gasteiger partial charge in [-0.15, -0.1) is 11.3 Å². The maximum absolute atomic E-state index is 8.89. The number of nitriles is 1. The van der Waals surface area contributed by atoms with Crippen molar-refractivity contribution in [2.75, 3.05) is 20.0 Å². The molecule has 0 radical (unpaired) electrons. The van der Waals surface area contributed by atoms with Crippen LogP contribution in [0.2, 0.25) is 0 Å². The summed E-state index contributed by atoms with van der Waals surface area (Å²) in [6.45, 7) is 0. The number of nitrogens with two attached hydrogens (primary N) is 1. The Balaban J connectivity index is 2.55. The van der Waals surface area contributed by atoms with Crippen LogP contribution < -0.4 is 5.73 Å². The van der Waals surface area contributed by atoms with E-state index < -0.39 is 6.29 Å². The van der Waals surface area contributed by atoms with Crippen LogP contribution in [-0.2, 0) is 9.47 Å². The number of aromatic nitrogens is 1. The first-order valence-electron chi connectivity index (χ1n) is 4.86. The minimum absolute atomic E-state index is 0.482. The molecule has 5 nitrogen and oxygen atoms in total. The van der Waals surface area contributed by atoms with Crippen molar-refractivity contribution in [2.24, 2.45) is 0 Å². The van der Waals surface area contributed by atoms with E-state index in [1.807, 2.05) is 6.07 Å². The largest absolute Gasteiger partial charge is 0.396 e. The Bertz CT molecular complexity index is 584. The molecular weight excluding hydrogens is 238 g/mol. The van der Waals surface area contributed by atoms with Crippen LogP contribution in [-0.4, -0.2) is 19.2 Å². The molecule has 0 aromatic carbocycles. The normalized spacial score (nSPS) is 10.9. The average Bonchev–Trinajstić information content (AvgIpc) is 2.67. The minimum Gasteiger partial charge on any atom is -0.396 e. The summed E-state index contributed by atoms with van der Waals surface area (Å²) in [5, 5.41) is 9.69. The summed E-state index contributed by atoms with van der Waals surface area (Å²) in [6, 6.07) is 5.66. The van der Waals surface area contributed by atoms with Gasteiger partial charge in [0.1, 0.15) is 15.8 Å². The minimum atomic E-state index is -0.506. The van der Waals surface area contributed by atoms with Crippen molar-refractivity contribution in [3.63, 3.8) is 0 Å². The van der Waals surface area contributed by atoms with Crippen molar-refractivity contribution in [1.82, 2.24) is 4.98 Å². The van der Waals surface area contributed by atoms with Crippen molar-refractivity contribution in [1.29, 1.82) is 5.26 Å². The van der Waals surface area contributed by atoms with E-state index in [0.29, 0.717) is 16.3 Å². The van der Waals surface area contributed by atoms with Gasteiger partial charge in [-0.3, -0.25) is 0 Å². The lowest BCUT2D eigenvalue weighted by Crippen LogP contribution is -2.05. The Morgan fingerprint density at radius 3 is 2.71 bits per heavy atom. The number of anilines is 1. The molecule has 0 saturated heterocycles. The molecule has 2 heterocycles. The van der Waals surface area contributed by atoms with Crippen LogP contribution in [0.5, 0.6) is 0 Å². The first kappa shape index (κ1) is 11.8. The topological polar surface area (TPSA) is 81.2 Å². The fourth-order valence-electron chi connectivity index (χ4n) is 1.56. The van der Waals surface area contributed by atoms with E-state index >= 15 is 0 Å². The number of thiophene rings is 1. The summed E-state index contributed by atoms with van der Waals surface area (Å²) in [5.41, 5.74) is 6.97. The zero-order chi connectivity index (χ0) is 12.4. The Morgan fingerprint density at radius 2 is 2.12 bits per heavy atom. The van der Waals surface area contributed by atoms with Crippen LogP contribution in [0.4, 0.5) is 5.69 Å². The number of hydrogen-bond donors (Lipinski definition) is 1. The quantitative estimate of drug-likeness (QED) is 0.842. The highest BCUT2D eigenvalue weighted by atomic mass is 32.1. The molecule has 0 unspecified atom stereocenters. The third kappa shape index (κ3) is 1.96. The van der Waals surface area contributed by atoms with Crippen molar-refractivity contribution in [3.8, 4) is 6.07 Å². The zero-order valence-electron chi connectivity index (χ0n) is 9.43. The number of nitrogens with zero attached hydrogens (tertiary/aromatic N) is 2. The molecule has 2 aromatic heterocycles. The predicted molar refractivity (Wildman–Crippen MR) is 65.5 cm³/mol. The molecule has 0 aliphatic rings. The van der Waals surface area contributed by atoms with E-state index in [-0.39, 0.29) is 0 Å². The summed E-state index contributed by atoms with van der Waals surface area (Å²) in [4.78, 5) is 5.58. The Morgan fingerprint density at radius 1 is 1.41 bits per heavy atom. The maximum atomic E-state index is 8.89. The Labute approximate surface area is 102 Å². The van der Waals surface area contributed by atoms with E-state index in [4.69, 9.17) is 20.5 Å². The summed E-state index contributed by atoms with van der Waals surface area (Å²) >= 11 is 1.27. The molecule has 0 atom stereocenters. The van der Waals surface area contributed by atoms with E-state index in [1.54, 1.807) is 20.3 Å². The third-order valence-electron chi connectivity index (χ3n) is 2.39. The highest BCUT2D eigenvalue weighted by Gasteiger charge is 2.15. The second kappa shape index (κ2) is 4.67. The van der Waals surface area contributed by atoms with Gasteiger partial charge in [0.2, 0.25) is 6.29 Å². The van der Waals surface area contributed by atoms with Gasteiger partial charge in [-0.05, 0) is 12.1 Å². The van der Waals surface area contributed by atoms with Gasteiger partial charge in [-0.2, -0.15) is 5.26 Å². The second-order valence-corrected chi connectivity index (χ2v) is 4.35. The standard InChI is InChI=1S/C11H11N3O2S/c1-15-11(16-2)7-4-3-6-9(13)8(5-12)17-10(6)14-7/h3-4,11H,13H2,1-2H3. The molecule has 0 saturated carbocycles. The van der Waals surface area contributed by atoms with Crippen molar-refractivity contribution >= 4 is 27.2 Å². The molecule has 6 heteroatoms. The van der Waals surface area contributed by atoms with Crippen molar-refractivity contribution in [3.05, 3.63) is 22.7 Å². The molecular formula is C11H11N3O2S. The highest BCUT2D eigenvalue weighted by Crippen LogP contribution is 2.32. The van der Waals surface area contributed by atoms with Crippen molar-refractivity contribution < 1.29 is 9.47 Å². The second-order valence-electron chi connectivity index (χ2n) is 3.35. The number of pyridine rings is 1. The van der Waals surface area contributed by atoms with Gasteiger partial charge < -0.3 is 15.2 Å². The highest BCUT2D eigenvalue weighted by molar-refractivity contribution is 7.19. The first-order valence-corrected chi connectivity index (χ1v) is 5.67. The number of nitrogen functional groups attached to an aromatic ring is 1. The fraction of sp³-hybridized carbons (Fsp3) is 0.273. The van der Waals surface area contributed by atoms with Crippen LogP contribution in [0.1, 0.15) is 16.9 Å². The molecule has 0 spiro atoms. The van der Waals surface area contributed by atoms with E-state index in [1.165, 1.54) is 11.3 Å². The zero-order valence-corrected chi connectivity index (χ0v) is 10.2. The molecule has 88 valence electrons. The van der Waals surface area contributed by atoms with Crippen LogP contribution >= 0.6 is 11.3 Å². The van der Waals surface area contributed by atoms with Gasteiger partial charge in [-0.1, -0.05) is 0 Å². The fourth-order valence-corrected chi connectivity index (χ4v) is 2.46. The molecule has 0 aliphatic carbocycles. The average molecular weight is 249 g/mol. The first-order chi connectivity index (χ1) is 8.21. The lowest BCUT2D eigenvalue weighted by atomic mass is 10.2. The number of methoxy groups -OCH3 is 2. The van der Waals surface area contributed by atoms with E-state index in [9.17, 15) is 0 Å². The van der Waals surface area contributed by atoms with Gasteiger partial charge in [0.15, 0.2) is 0 Å². The molecule has 0 aliphatic heterocycles. The Kier molecular flexibility index (Phi) is 3.24. The van der Waals surface area contributed by atoms with Gasteiger partial charge in [0, 0.05) is 19.6 Å². The van der Waals surface area contributed by atoms with Crippen LogP contribution in [0.3, 0.4) is 0 Å². The monoisotopic (exact) mass is 249 g/mol. The van der Waals surface area contributed by atoms with Gasteiger partial charge >= 0.3 is 0 Å². The molecule has 2 rings (SSSR count). The molecule has 0 fully saturated rings. The molecule has 17 heavy (non-hydrogen) atoms. The van der Waals surface area contributed by atoms with E-state index in [2.05, 4.69) is 11.1 Å². The smallest absolute Gasteiger partial charge is 0.200 e. The van der Waals surface area contributed by atoms with Crippen molar-refractivity contribution in [2.45, 2.75) is 6.29 Å². The maximum Gasteiger partial charge on any atom is 0.200 e. The Hall–Kier alpha value is -1.68. The van der Waals surface area contributed by atoms with Gasteiger partial charge in [0.25, 0.3) is 0 Å². The molecule has 2 N–H and O–H groups in total. The molecule has 0 bridgehead atoms. The van der Waals surface area contributed by atoms with Crippen LogP contribution in [0, 0.1) is 11.3 Å². The summed E-state index contributed by atoms with van der Waals surface area (Å²) in [5.74, 6) is 0. The van der Waals surface area contributed by atoms with Gasteiger partial charge in [-0.25, -0.2) is 4.98 Å². The number of rotatable bonds is 3. The number of ether oxygens (including phenoxy) is 2. The lowest BCUT2D eigenvalue weighted by molar-refractivity contribution is -0.108. The van der Waals surface area contributed by atoms with Crippen LogP contribution in [0.15, 0.2) is 12.1 Å². The molecule has 2 aromatic rings. The summed E-state index contributed by atoms with van der Waals surface area (Å²) in [7, 11) is 3.09. The SMILES string of the molecule is COC(OC)c1ccc2c(N)c(C#N)sc2n1. The molecule has 0 amide bonds. The predicted octanol–water partition coefficient (Wildman–Crippen LogP) is 2.04. The third-order valence-corrected chi connectivity index (χ3v) is 3.41.